The molecule has 0 atom stereocenters. The maximum atomic E-state index is 8.92. The van der Waals surface area contributed by atoms with Crippen LogP contribution in [0.4, 0.5) is 0 Å². The van der Waals surface area contributed by atoms with E-state index in [1.807, 2.05) is 0 Å². The number of halogens is 3. The Bertz CT molecular complexity index is 528. The van der Waals surface area contributed by atoms with Crippen LogP contribution in [-0.4, -0.2) is 14.9 Å². The Morgan fingerprint density at radius 2 is 2.00 bits per heavy atom. The molecule has 6 heteroatoms. The van der Waals surface area contributed by atoms with Gasteiger partial charge >= 0.3 is 0 Å². The molecule has 0 aliphatic heterocycles. The van der Waals surface area contributed by atoms with E-state index in [9.17, 15) is 0 Å². The quantitative estimate of drug-likeness (QED) is 0.860. The molecule has 0 bridgehead atoms. The molecule has 1 aromatic heterocycles. The second kappa shape index (κ2) is 4.75. The average molecular weight is 322 g/mol. The number of aliphatic hydroxyl groups excluding tert-OH is 1. The van der Waals surface area contributed by atoms with E-state index >= 15 is 0 Å². The van der Waals surface area contributed by atoms with Crippen LogP contribution in [0.15, 0.2) is 28.9 Å². The zero-order chi connectivity index (χ0) is 11.7. The third kappa shape index (κ3) is 2.11. The third-order valence-electron chi connectivity index (χ3n) is 2.07. The second-order valence-electron chi connectivity index (χ2n) is 3.10. The SMILES string of the molecule is OCc1ccn(-c2ccc(Br)c(Cl)c2Cl)n1. The van der Waals surface area contributed by atoms with Crippen LogP contribution in [0.1, 0.15) is 5.69 Å². The fourth-order valence-electron chi connectivity index (χ4n) is 1.27. The Morgan fingerprint density at radius 3 is 2.62 bits per heavy atom. The Kier molecular flexibility index (Phi) is 3.54. The van der Waals surface area contributed by atoms with E-state index in [0.29, 0.717) is 21.4 Å². The van der Waals surface area contributed by atoms with Crippen LogP contribution in [0.2, 0.25) is 10.0 Å². The van der Waals surface area contributed by atoms with Crippen molar-refractivity contribution in [3.63, 3.8) is 0 Å². The molecule has 84 valence electrons. The standard InChI is InChI=1S/C10H7BrCl2N2O/c11-7-1-2-8(10(13)9(7)12)15-4-3-6(5-16)14-15/h1-4,16H,5H2. The summed E-state index contributed by atoms with van der Waals surface area (Å²) in [7, 11) is 0. The van der Waals surface area contributed by atoms with Crippen molar-refractivity contribution in [2.45, 2.75) is 6.61 Å². The maximum absolute atomic E-state index is 8.92. The van der Waals surface area contributed by atoms with Crippen LogP contribution in [0.3, 0.4) is 0 Å². The first-order valence-electron chi connectivity index (χ1n) is 4.42. The molecule has 0 amide bonds. The lowest BCUT2D eigenvalue weighted by Crippen LogP contribution is -1.97. The van der Waals surface area contributed by atoms with Crippen LogP contribution in [0.25, 0.3) is 5.69 Å². The highest BCUT2D eigenvalue weighted by atomic mass is 79.9. The minimum absolute atomic E-state index is 0.102. The van der Waals surface area contributed by atoms with Gasteiger partial charge in [0.15, 0.2) is 0 Å². The zero-order valence-corrected chi connectivity index (χ0v) is 11.1. The summed E-state index contributed by atoms with van der Waals surface area (Å²) in [5, 5.41) is 13.9. The molecule has 0 saturated heterocycles. The third-order valence-corrected chi connectivity index (χ3v) is 3.83. The number of hydrogen-bond acceptors (Lipinski definition) is 2. The lowest BCUT2D eigenvalue weighted by Gasteiger charge is -2.07. The van der Waals surface area contributed by atoms with Crippen molar-refractivity contribution in [2.75, 3.05) is 0 Å². The lowest BCUT2D eigenvalue weighted by atomic mass is 10.3. The molecule has 0 unspecified atom stereocenters. The van der Waals surface area contributed by atoms with Crippen LogP contribution in [-0.2, 0) is 6.61 Å². The molecule has 16 heavy (non-hydrogen) atoms. The fraction of sp³-hybridized carbons (Fsp3) is 0.100. The monoisotopic (exact) mass is 320 g/mol. The van der Waals surface area contributed by atoms with Gasteiger partial charge in [0.25, 0.3) is 0 Å². The topological polar surface area (TPSA) is 38.0 Å². The van der Waals surface area contributed by atoms with Gasteiger partial charge < -0.3 is 5.11 Å². The van der Waals surface area contributed by atoms with Crippen molar-refractivity contribution in [3.8, 4) is 5.69 Å². The summed E-state index contributed by atoms with van der Waals surface area (Å²) in [6.07, 6.45) is 1.72. The summed E-state index contributed by atoms with van der Waals surface area (Å²) in [4.78, 5) is 0. The predicted molar refractivity (Wildman–Crippen MR) is 67.2 cm³/mol. The maximum Gasteiger partial charge on any atom is 0.0883 e. The lowest BCUT2D eigenvalue weighted by molar-refractivity contribution is 0.276. The summed E-state index contributed by atoms with van der Waals surface area (Å²) < 4.78 is 2.31. The number of aromatic nitrogens is 2. The number of aliphatic hydroxyl groups is 1. The molecule has 3 nitrogen and oxygen atoms in total. The first-order valence-corrected chi connectivity index (χ1v) is 5.97. The van der Waals surface area contributed by atoms with Gasteiger partial charge in [-0.05, 0) is 34.1 Å². The van der Waals surface area contributed by atoms with E-state index in [1.54, 1.807) is 29.1 Å². The summed E-state index contributed by atoms with van der Waals surface area (Å²) in [5.74, 6) is 0. The summed E-state index contributed by atoms with van der Waals surface area (Å²) >= 11 is 15.4. The molecule has 1 N–H and O–H groups in total. The van der Waals surface area contributed by atoms with Crippen molar-refractivity contribution < 1.29 is 5.11 Å². The van der Waals surface area contributed by atoms with Gasteiger partial charge in [-0.3, -0.25) is 0 Å². The highest BCUT2D eigenvalue weighted by Gasteiger charge is 2.10. The van der Waals surface area contributed by atoms with Crippen LogP contribution in [0.5, 0.6) is 0 Å². The van der Waals surface area contributed by atoms with Crippen molar-refractivity contribution >= 4 is 39.1 Å². The molecule has 1 aromatic carbocycles. The minimum Gasteiger partial charge on any atom is -0.390 e. The predicted octanol–water partition coefficient (Wildman–Crippen LogP) is 3.43. The second-order valence-corrected chi connectivity index (χ2v) is 4.71. The molecule has 0 saturated carbocycles. The molecule has 0 fully saturated rings. The van der Waals surface area contributed by atoms with E-state index < -0.39 is 0 Å². The van der Waals surface area contributed by atoms with E-state index in [1.165, 1.54) is 0 Å². The molecule has 0 spiro atoms. The molecule has 0 aliphatic rings. The van der Waals surface area contributed by atoms with Gasteiger partial charge in [-0.25, -0.2) is 4.68 Å². The Hall–Kier alpha value is -0.550. The summed E-state index contributed by atoms with van der Waals surface area (Å²) in [5.41, 5.74) is 1.25. The van der Waals surface area contributed by atoms with Gasteiger partial charge in [0.2, 0.25) is 0 Å². The Morgan fingerprint density at radius 1 is 1.25 bits per heavy atom. The van der Waals surface area contributed by atoms with Crippen molar-refractivity contribution in [1.82, 2.24) is 9.78 Å². The fourth-order valence-corrected chi connectivity index (χ4v) is 2.13. The molecular formula is C10H7BrCl2N2O. The molecule has 0 radical (unpaired) electrons. The Labute approximate surface area is 111 Å². The first-order chi connectivity index (χ1) is 7.63. The minimum atomic E-state index is -0.102. The van der Waals surface area contributed by atoms with Gasteiger partial charge in [-0.15, -0.1) is 0 Å². The first kappa shape index (κ1) is 11.9. The van der Waals surface area contributed by atoms with Crippen molar-refractivity contribution in [3.05, 3.63) is 44.6 Å². The largest absolute Gasteiger partial charge is 0.390 e. The molecule has 2 rings (SSSR count). The molecule has 0 aliphatic carbocycles. The van der Waals surface area contributed by atoms with Gasteiger partial charge in [0.05, 0.1) is 28.0 Å². The van der Waals surface area contributed by atoms with Crippen molar-refractivity contribution in [1.29, 1.82) is 0 Å². The van der Waals surface area contributed by atoms with Crippen LogP contribution >= 0.6 is 39.1 Å². The van der Waals surface area contributed by atoms with Crippen molar-refractivity contribution in [2.24, 2.45) is 0 Å². The smallest absolute Gasteiger partial charge is 0.0883 e. The van der Waals surface area contributed by atoms with Gasteiger partial charge in [0, 0.05) is 10.7 Å². The molecule has 1 heterocycles. The molecule has 2 aromatic rings. The summed E-state index contributed by atoms with van der Waals surface area (Å²) in [6.45, 7) is -0.102. The van der Waals surface area contributed by atoms with Gasteiger partial charge in [-0.1, -0.05) is 23.2 Å². The highest BCUT2D eigenvalue weighted by molar-refractivity contribution is 9.10. The van der Waals surface area contributed by atoms with E-state index in [0.717, 1.165) is 4.47 Å². The van der Waals surface area contributed by atoms with E-state index in [4.69, 9.17) is 28.3 Å². The summed E-state index contributed by atoms with van der Waals surface area (Å²) in [6, 6.07) is 5.31. The van der Waals surface area contributed by atoms with Gasteiger partial charge in [0.1, 0.15) is 0 Å². The Balaban J connectivity index is 2.52. The number of rotatable bonds is 2. The number of benzene rings is 1. The highest BCUT2D eigenvalue weighted by Crippen LogP contribution is 2.34. The number of nitrogens with zero attached hydrogens (tertiary/aromatic N) is 2. The van der Waals surface area contributed by atoms with Gasteiger partial charge in [-0.2, -0.15) is 5.10 Å². The van der Waals surface area contributed by atoms with E-state index in [2.05, 4.69) is 21.0 Å². The van der Waals surface area contributed by atoms with Crippen LogP contribution in [0, 0.1) is 0 Å². The molecular weight excluding hydrogens is 315 g/mol. The normalized spacial score (nSPS) is 10.8. The zero-order valence-electron chi connectivity index (χ0n) is 7.99. The average Bonchev–Trinajstić information content (AvgIpc) is 2.74. The van der Waals surface area contributed by atoms with Crippen LogP contribution < -0.4 is 0 Å². The number of hydrogen-bond donors (Lipinski definition) is 1. The van der Waals surface area contributed by atoms with E-state index in [-0.39, 0.29) is 6.61 Å².